The number of carbonyl (C=O) groups is 2. The number of nitro groups is 1. The van der Waals surface area contributed by atoms with Gasteiger partial charge in [-0.1, -0.05) is 24.3 Å². The van der Waals surface area contributed by atoms with Gasteiger partial charge in [0, 0.05) is 17.8 Å². The van der Waals surface area contributed by atoms with Crippen molar-refractivity contribution >= 4 is 28.9 Å². The normalized spacial score (nSPS) is 10.2. The van der Waals surface area contributed by atoms with E-state index in [1.165, 1.54) is 24.3 Å². The fraction of sp³-hybridized carbons (Fsp3) is 0.0909. The summed E-state index contributed by atoms with van der Waals surface area (Å²) in [5, 5.41) is 16.1. The van der Waals surface area contributed by atoms with Crippen molar-refractivity contribution in [2.75, 3.05) is 17.2 Å². The first-order valence-corrected chi connectivity index (χ1v) is 9.06. The van der Waals surface area contributed by atoms with Crippen LogP contribution in [0.4, 0.5) is 17.1 Å². The van der Waals surface area contributed by atoms with Crippen molar-refractivity contribution in [3.63, 3.8) is 0 Å². The summed E-state index contributed by atoms with van der Waals surface area (Å²) in [5.74, 6) is -0.502. The van der Waals surface area contributed by atoms with Gasteiger partial charge in [-0.05, 0) is 48.9 Å². The SMILES string of the molecule is Cc1cccc(NC(=O)c2ccccc2NC(=O)COc2ccc([N+](=O)[O-])cc2)c1. The molecule has 0 aromatic heterocycles. The topological polar surface area (TPSA) is 111 Å². The molecule has 0 heterocycles. The van der Waals surface area contributed by atoms with Gasteiger partial charge in [-0.15, -0.1) is 0 Å². The van der Waals surface area contributed by atoms with Crippen LogP contribution in [0, 0.1) is 17.0 Å². The molecule has 0 aliphatic heterocycles. The largest absolute Gasteiger partial charge is 0.484 e. The number of nitro benzene ring substituents is 1. The molecule has 2 amide bonds. The van der Waals surface area contributed by atoms with Crippen LogP contribution in [0.25, 0.3) is 0 Å². The first-order chi connectivity index (χ1) is 14.4. The molecule has 8 heteroatoms. The second kappa shape index (κ2) is 9.33. The quantitative estimate of drug-likeness (QED) is 0.453. The van der Waals surface area contributed by atoms with Crippen molar-refractivity contribution in [3.05, 3.63) is 94.0 Å². The third-order valence-corrected chi connectivity index (χ3v) is 4.14. The Hall–Kier alpha value is -4.20. The van der Waals surface area contributed by atoms with Crippen molar-refractivity contribution in [1.29, 1.82) is 0 Å². The standard InChI is InChI=1S/C22H19N3O5/c1-15-5-4-6-16(13-15)23-22(27)19-7-2-3-8-20(19)24-21(26)14-30-18-11-9-17(10-12-18)25(28)29/h2-13H,14H2,1H3,(H,23,27)(H,24,26). The monoisotopic (exact) mass is 405 g/mol. The van der Waals surface area contributed by atoms with Gasteiger partial charge in [-0.3, -0.25) is 19.7 Å². The summed E-state index contributed by atoms with van der Waals surface area (Å²) in [6.07, 6.45) is 0. The molecule has 0 fully saturated rings. The van der Waals surface area contributed by atoms with E-state index in [2.05, 4.69) is 10.6 Å². The number of hydrogen-bond donors (Lipinski definition) is 2. The summed E-state index contributed by atoms with van der Waals surface area (Å²) >= 11 is 0. The van der Waals surface area contributed by atoms with E-state index in [4.69, 9.17) is 4.74 Å². The molecular weight excluding hydrogens is 386 g/mol. The Morgan fingerprint density at radius 1 is 0.967 bits per heavy atom. The number of carbonyl (C=O) groups excluding carboxylic acids is 2. The molecule has 0 saturated carbocycles. The summed E-state index contributed by atoms with van der Waals surface area (Å²) in [6.45, 7) is 1.61. The number of benzene rings is 3. The average molecular weight is 405 g/mol. The Kier molecular flexibility index (Phi) is 6.39. The van der Waals surface area contributed by atoms with Crippen LogP contribution in [-0.4, -0.2) is 23.3 Å². The molecule has 2 N–H and O–H groups in total. The van der Waals surface area contributed by atoms with E-state index in [1.54, 1.807) is 30.3 Å². The molecule has 0 spiro atoms. The van der Waals surface area contributed by atoms with Gasteiger partial charge >= 0.3 is 0 Å². The van der Waals surface area contributed by atoms with Crippen LogP contribution in [0.1, 0.15) is 15.9 Å². The van der Waals surface area contributed by atoms with Crippen molar-refractivity contribution in [2.45, 2.75) is 6.92 Å². The van der Waals surface area contributed by atoms with Gasteiger partial charge in [0.15, 0.2) is 6.61 Å². The highest BCUT2D eigenvalue weighted by Crippen LogP contribution is 2.19. The maximum absolute atomic E-state index is 12.6. The molecule has 152 valence electrons. The van der Waals surface area contributed by atoms with E-state index in [0.29, 0.717) is 22.7 Å². The molecule has 3 aromatic carbocycles. The summed E-state index contributed by atoms with van der Waals surface area (Å²) in [5.41, 5.74) is 2.25. The van der Waals surface area contributed by atoms with Crippen LogP contribution in [0.5, 0.6) is 5.75 Å². The lowest BCUT2D eigenvalue weighted by Gasteiger charge is -2.12. The molecule has 3 rings (SSSR count). The average Bonchev–Trinajstić information content (AvgIpc) is 2.73. The maximum Gasteiger partial charge on any atom is 0.269 e. The predicted octanol–water partition coefficient (Wildman–Crippen LogP) is 4.17. The summed E-state index contributed by atoms with van der Waals surface area (Å²) in [4.78, 5) is 35.1. The third kappa shape index (κ3) is 5.41. The lowest BCUT2D eigenvalue weighted by molar-refractivity contribution is -0.384. The van der Waals surface area contributed by atoms with Crippen LogP contribution in [0.15, 0.2) is 72.8 Å². The smallest absolute Gasteiger partial charge is 0.269 e. The van der Waals surface area contributed by atoms with E-state index in [0.717, 1.165) is 5.56 Å². The number of nitrogens with one attached hydrogen (secondary N) is 2. The van der Waals surface area contributed by atoms with Crippen molar-refractivity contribution in [2.24, 2.45) is 0 Å². The number of ether oxygens (including phenoxy) is 1. The lowest BCUT2D eigenvalue weighted by atomic mass is 10.1. The van der Waals surface area contributed by atoms with Gasteiger partial charge in [0.2, 0.25) is 0 Å². The second-order valence-electron chi connectivity index (χ2n) is 6.46. The Balaban J connectivity index is 1.63. The summed E-state index contributed by atoms with van der Waals surface area (Å²) < 4.78 is 5.35. The Labute approximate surface area is 172 Å². The molecule has 3 aromatic rings. The molecule has 0 atom stereocenters. The minimum Gasteiger partial charge on any atom is -0.484 e. The van der Waals surface area contributed by atoms with E-state index < -0.39 is 10.8 Å². The zero-order valence-electron chi connectivity index (χ0n) is 16.1. The van der Waals surface area contributed by atoms with Crippen molar-refractivity contribution < 1.29 is 19.2 Å². The van der Waals surface area contributed by atoms with Crippen molar-refractivity contribution in [3.8, 4) is 5.75 Å². The van der Waals surface area contributed by atoms with E-state index >= 15 is 0 Å². The first kappa shape index (κ1) is 20.5. The van der Waals surface area contributed by atoms with Crippen LogP contribution < -0.4 is 15.4 Å². The van der Waals surface area contributed by atoms with E-state index in [1.807, 2.05) is 25.1 Å². The number of para-hydroxylation sites is 1. The molecule has 0 aliphatic carbocycles. The minimum absolute atomic E-state index is 0.0691. The van der Waals surface area contributed by atoms with Gasteiger partial charge < -0.3 is 15.4 Å². The third-order valence-electron chi connectivity index (χ3n) is 4.14. The highest BCUT2D eigenvalue weighted by molar-refractivity contribution is 6.10. The molecule has 0 unspecified atom stereocenters. The molecule has 0 bridgehead atoms. The van der Waals surface area contributed by atoms with Crippen LogP contribution in [0.2, 0.25) is 0 Å². The molecule has 0 aliphatic rings. The molecule has 0 saturated heterocycles. The number of hydrogen-bond acceptors (Lipinski definition) is 5. The van der Waals surface area contributed by atoms with Crippen molar-refractivity contribution in [1.82, 2.24) is 0 Å². The first-order valence-electron chi connectivity index (χ1n) is 9.06. The van der Waals surface area contributed by atoms with Gasteiger partial charge in [0.1, 0.15) is 5.75 Å². The number of aryl methyl sites for hydroxylation is 1. The Morgan fingerprint density at radius 2 is 1.70 bits per heavy atom. The van der Waals surface area contributed by atoms with E-state index in [-0.39, 0.29) is 18.2 Å². The Bertz CT molecular complexity index is 1080. The zero-order chi connectivity index (χ0) is 21.5. The highest BCUT2D eigenvalue weighted by Gasteiger charge is 2.14. The molecule has 0 radical (unpaired) electrons. The second-order valence-corrected chi connectivity index (χ2v) is 6.46. The number of rotatable bonds is 7. The number of non-ortho nitro benzene ring substituents is 1. The van der Waals surface area contributed by atoms with E-state index in [9.17, 15) is 19.7 Å². The van der Waals surface area contributed by atoms with Crippen LogP contribution in [0.3, 0.4) is 0 Å². The Morgan fingerprint density at radius 3 is 2.40 bits per heavy atom. The zero-order valence-corrected chi connectivity index (χ0v) is 16.1. The summed E-state index contributed by atoms with van der Waals surface area (Å²) in [6, 6.07) is 19.4. The fourth-order valence-electron chi connectivity index (χ4n) is 2.71. The fourth-order valence-corrected chi connectivity index (χ4v) is 2.71. The van der Waals surface area contributed by atoms with Gasteiger partial charge in [-0.2, -0.15) is 0 Å². The van der Waals surface area contributed by atoms with Gasteiger partial charge in [0.05, 0.1) is 16.2 Å². The number of amides is 2. The van der Waals surface area contributed by atoms with Crippen LogP contribution >= 0.6 is 0 Å². The molecular formula is C22H19N3O5. The molecule has 30 heavy (non-hydrogen) atoms. The van der Waals surface area contributed by atoms with Gasteiger partial charge in [0.25, 0.3) is 17.5 Å². The highest BCUT2D eigenvalue weighted by atomic mass is 16.6. The lowest BCUT2D eigenvalue weighted by Crippen LogP contribution is -2.22. The minimum atomic E-state index is -0.519. The predicted molar refractivity (Wildman–Crippen MR) is 113 cm³/mol. The van der Waals surface area contributed by atoms with Gasteiger partial charge in [-0.25, -0.2) is 0 Å². The number of nitrogens with zero attached hydrogens (tertiary/aromatic N) is 1. The molecule has 8 nitrogen and oxygen atoms in total. The number of anilines is 2. The maximum atomic E-state index is 12.6. The summed E-state index contributed by atoms with van der Waals surface area (Å²) in [7, 11) is 0. The van der Waals surface area contributed by atoms with Crippen LogP contribution in [-0.2, 0) is 4.79 Å².